The van der Waals surface area contributed by atoms with Gasteiger partial charge in [0, 0.05) is 29.9 Å². The maximum atomic E-state index is 12.1. The number of aromatic nitrogens is 1. The normalized spacial score (nSPS) is 17.4. The molecule has 1 aliphatic heterocycles. The van der Waals surface area contributed by atoms with Gasteiger partial charge in [-0.1, -0.05) is 25.1 Å². The molecule has 3 rings (SSSR count). The van der Waals surface area contributed by atoms with Crippen LogP contribution in [-0.2, 0) is 0 Å². The van der Waals surface area contributed by atoms with Gasteiger partial charge in [0.1, 0.15) is 17.4 Å². The summed E-state index contributed by atoms with van der Waals surface area (Å²) in [7, 11) is 0. The van der Waals surface area contributed by atoms with E-state index in [1.165, 1.54) is 25.9 Å². The predicted octanol–water partition coefficient (Wildman–Crippen LogP) is 3.72. The van der Waals surface area contributed by atoms with Gasteiger partial charge in [-0.3, -0.25) is 4.79 Å². The highest BCUT2D eigenvalue weighted by Crippen LogP contribution is 2.31. The lowest BCUT2D eigenvalue weighted by atomic mass is 10.00. The lowest BCUT2D eigenvalue weighted by Gasteiger charge is -2.30. The lowest BCUT2D eigenvalue weighted by molar-refractivity contribution is 0.170. The summed E-state index contributed by atoms with van der Waals surface area (Å²) in [5, 5.41) is 9.41. The van der Waals surface area contributed by atoms with E-state index in [2.05, 4.69) is 16.8 Å². The lowest BCUT2D eigenvalue weighted by Crippen LogP contribution is -2.35. The Labute approximate surface area is 160 Å². The van der Waals surface area contributed by atoms with Crippen molar-refractivity contribution in [1.82, 2.24) is 9.88 Å². The first kappa shape index (κ1) is 19.2. The third-order valence-electron chi connectivity index (χ3n) is 5.07. The van der Waals surface area contributed by atoms with Crippen LogP contribution in [-0.4, -0.2) is 36.1 Å². The summed E-state index contributed by atoms with van der Waals surface area (Å²) < 4.78 is 6.04. The number of nitrogens with zero attached hydrogens (tertiary/aromatic N) is 2. The number of para-hydroxylation sites is 1. The molecule has 1 aliphatic rings. The molecule has 142 valence electrons. The van der Waals surface area contributed by atoms with Gasteiger partial charge in [0.05, 0.1) is 6.61 Å². The zero-order valence-corrected chi connectivity index (χ0v) is 16.1. The minimum absolute atomic E-state index is 0.124. The third-order valence-corrected chi connectivity index (χ3v) is 5.07. The summed E-state index contributed by atoms with van der Waals surface area (Å²) in [6.07, 6.45) is 3.57. The van der Waals surface area contributed by atoms with E-state index < -0.39 is 0 Å². The zero-order chi connectivity index (χ0) is 19.2. The number of rotatable bonds is 6. The average molecular weight is 365 g/mol. The molecule has 1 aromatic carbocycles. The van der Waals surface area contributed by atoms with Crippen LogP contribution in [0.2, 0.25) is 0 Å². The van der Waals surface area contributed by atoms with Crippen molar-refractivity contribution >= 4 is 0 Å². The molecular formula is C22H27N3O2. The van der Waals surface area contributed by atoms with E-state index in [4.69, 9.17) is 4.74 Å². The quantitative estimate of drug-likeness (QED) is 0.792. The Morgan fingerprint density at radius 1 is 1.33 bits per heavy atom. The average Bonchev–Trinajstić information content (AvgIpc) is 2.65. The number of aryl methyl sites for hydroxylation is 1. The first-order chi connectivity index (χ1) is 13.1. The zero-order valence-electron chi connectivity index (χ0n) is 16.1. The topological polar surface area (TPSA) is 69.1 Å². The van der Waals surface area contributed by atoms with Crippen molar-refractivity contribution in [3.8, 4) is 22.9 Å². The van der Waals surface area contributed by atoms with Crippen molar-refractivity contribution in [2.45, 2.75) is 33.1 Å². The molecule has 0 saturated carbocycles. The summed E-state index contributed by atoms with van der Waals surface area (Å²) in [5.74, 6) is 1.50. The Morgan fingerprint density at radius 3 is 2.93 bits per heavy atom. The molecule has 0 aliphatic carbocycles. The fraction of sp³-hybridized carbons (Fsp3) is 0.455. The minimum atomic E-state index is -0.360. The molecule has 1 saturated heterocycles. The smallest absolute Gasteiger partial charge is 0.266 e. The van der Waals surface area contributed by atoms with Crippen LogP contribution in [0, 0.1) is 24.2 Å². The maximum absolute atomic E-state index is 12.1. The van der Waals surface area contributed by atoms with E-state index in [1.54, 1.807) is 0 Å². The number of nitrogens with one attached hydrogen (secondary N) is 1. The number of aromatic amines is 1. The van der Waals surface area contributed by atoms with Crippen LogP contribution in [0.25, 0.3) is 11.1 Å². The first-order valence-corrected chi connectivity index (χ1v) is 9.67. The molecule has 5 nitrogen and oxygen atoms in total. The van der Waals surface area contributed by atoms with Gasteiger partial charge in [0.15, 0.2) is 0 Å². The van der Waals surface area contributed by atoms with Gasteiger partial charge >= 0.3 is 0 Å². The van der Waals surface area contributed by atoms with Gasteiger partial charge in [-0.15, -0.1) is 0 Å². The predicted molar refractivity (Wildman–Crippen MR) is 107 cm³/mol. The molecule has 2 aromatic rings. The van der Waals surface area contributed by atoms with Crippen LogP contribution >= 0.6 is 0 Å². The highest BCUT2D eigenvalue weighted by Gasteiger charge is 2.16. The fourth-order valence-corrected chi connectivity index (χ4v) is 3.79. The van der Waals surface area contributed by atoms with Gasteiger partial charge in [-0.2, -0.15) is 5.26 Å². The molecule has 1 N–H and O–H groups in total. The van der Waals surface area contributed by atoms with Gasteiger partial charge in [-0.25, -0.2) is 0 Å². The summed E-state index contributed by atoms with van der Waals surface area (Å²) in [4.78, 5) is 17.3. The van der Waals surface area contributed by atoms with E-state index in [0.717, 1.165) is 30.1 Å². The van der Waals surface area contributed by atoms with Gasteiger partial charge in [-0.05, 0) is 50.8 Å². The fourth-order valence-electron chi connectivity index (χ4n) is 3.79. The second-order valence-electron chi connectivity index (χ2n) is 7.43. The summed E-state index contributed by atoms with van der Waals surface area (Å²) in [6, 6.07) is 11.5. The Kier molecular flexibility index (Phi) is 6.31. The van der Waals surface area contributed by atoms with E-state index in [9.17, 15) is 10.1 Å². The molecule has 0 amide bonds. The summed E-state index contributed by atoms with van der Waals surface area (Å²) >= 11 is 0. The van der Waals surface area contributed by atoms with Crippen molar-refractivity contribution < 1.29 is 4.74 Å². The molecule has 2 heterocycles. The van der Waals surface area contributed by atoms with Crippen LogP contribution in [0.4, 0.5) is 0 Å². The number of hydrogen-bond donors (Lipinski definition) is 1. The Balaban J connectivity index is 1.70. The van der Waals surface area contributed by atoms with Crippen molar-refractivity contribution in [3.05, 3.63) is 51.9 Å². The molecule has 1 fully saturated rings. The van der Waals surface area contributed by atoms with Crippen molar-refractivity contribution in [1.29, 1.82) is 5.26 Å². The van der Waals surface area contributed by atoms with E-state index in [0.29, 0.717) is 17.9 Å². The van der Waals surface area contributed by atoms with Crippen molar-refractivity contribution in [2.24, 2.45) is 5.92 Å². The summed E-state index contributed by atoms with van der Waals surface area (Å²) in [6.45, 7) is 8.14. The van der Waals surface area contributed by atoms with Crippen molar-refractivity contribution in [3.63, 3.8) is 0 Å². The second-order valence-corrected chi connectivity index (χ2v) is 7.43. The monoisotopic (exact) mass is 365 g/mol. The molecule has 0 radical (unpaired) electrons. The van der Waals surface area contributed by atoms with Crippen LogP contribution in [0.5, 0.6) is 5.75 Å². The highest BCUT2D eigenvalue weighted by molar-refractivity contribution is 5.75. The SMILES string of the molecule is Cc1cc(-c2ccccc2OCCCN2CCCC(C)C2)c(C#N)c(=O)[nH]1. The number of nitriles is 1. The van der Waals surface area contributed by atoms with Crippen LogP contribution in [0.1, 0.15) is 37.4 Å². The summed E-state index contributed by atoms with van der Waals surface area (Å²) in [5.41, 5.74) is 1.90. The number of hydrogen-bond acceptors (Lipinski definition) is 4. The van der Waals surface area contributed by atoms with Crippen LogP contribution < -0.4 is 10.3 Å². The number of benzene rings is 1. The largest absolute Gasteiger partial charge is 0.493 e. The number of piperidine rings is 1. The van der Waals surface area contributed by atoms with Crippen molar-refractivity contribution in [2.75, 3.05) is 26.2 Å². The molecule has 1 unspecified atom stereocenters. The second kappa shape index (κ2) is 8.88. The Morgan fingerprint density at radius 2 is 2.15 bits per heavy atom. The standard InChI is InChI=1S/C22H27N3O2/c1-16-7-5-10-25(15-16)11-6-12-27-21-9-4-3-8-18(21)19-13-17(2)24-22(26)20(19)14-23/h3-4,8-9,13,16H,5-7,10-12,15H2,1-2H3,(H,24,26). The Bertz CT molecular complexity index is 882. The molecule has 1 aromatic heterocycles. The van der Waals surface area contributed by atoms with Crippen LogP contribution in [0.3, 0.4) is 0 Å². The number of ether oxygens (including phenoxy) is 1. The first-order valence-electron chi connectivity index (χ1n) is 9.67. The van der Waals surface area contributed by atoms with Crippen LogP contribution in [0.15, 0.2) is 35.1 Å². The molecule has 0 spiro atoms. The molecule has 27 heavy (non-hydrogen) atoms. The third kappa shape index (κ3) is 4.78. The van der Waals surface area contributed by atoms with Gasteiger partial charge < -0.3 is 14.6 Å². The minimum Gasteiger partial charge on any atom is -0.493 e. The van der Waals surface area contributed by atoms with Gasteiger partial charge in [0.25, 0.3) is 5.56 Å². The molecular weight excluding hydrogens is 338 g/mol. The van der Waals surface area contributed by atoms with E-state index in [1.807, 2.05) is 43.3 Å². The number of likely N-dealkylation sites (tertiary alicyclic amines) is 1. The molecule has 5 heteroatoms. The van der Waals surface area contributed by atoms with E-state index in [-0.39, 0.29) is 11.1 Å². The Hall–Kier alpha value is -2.58. The molecule has 0 bridgehead atoms. The maximum Gasteiger partial charge on any atom is 0.266 e. The molecule has 1 atom stereocenters. The van der Waals surface area contributed by atoms with Gasteiger partial charge in [0.2, 0.25) is 0 Å². The number of pyridine rings is 1. The van der Waals surface area contributed by atoms with E-state index >= 15 is 0 Å². The number of H-pyrrole nitrogens is 1. The highest BCUT2D eigenvalue weighted by atomic mass is 16.5.